The van der Waals surface area contributed by atoms with Crippen LogP contribution in [0.15, 0.2) is 0 Å². The van der Waals surface area contributed by atoms with E-state index < -0.39 is 0 Å². The Morgan fingerprint density at radius 2 is 2.06 bits per heavy atom. The maximum atomic E-state index is 3.60. The van der Waals surface area contributed by atoms with Crippen molar-refractivity contribution in [3.8, 4) is 0 Å². The van der Waals surface area contributed by atoms with Gasteiger partial charge in [-0.25, -0.2) is 0 Å². The number of rotatable bonds is 3. The number of fused-ring (bicyclic) bond motifs is 2. The highest BCUT2D eigenvalue weighted by atomic mass is 15.2. The van der Waals surface area contributed by atoms with E-state index in [-0.39, 0.29) is 0 Å². The van der Waals surface area contributed by atoms with Gasteiger partial charge in [0.05, 0.1) is 0 Å². The maximum Gasteiger partial charge on any atom is 0.0156 e. The van der Waals surface area contributed by atoms with E-state index in [1.165, 1.54) is 45.2 Å². The fraction of sp³-hybridized carbons (Fsp3) is 1.00. The van der Waals surface area contributed by atoms with Crippen LogP contribution >= 0.6 is 0 Å². The van der Waals surface area contributed by atoms with Gasteiger partial charge in [0.15, 0.2) is 0 Å². The van der Waals surface area contributed by atoms with E-state index in [0.29, 0.717) is 5.41 Å². The molecule has 3 fully saturated rings. The number of piperidine rings is 1. The van der Waals surface area contributed by atoms with Crippen LogP contribution in [0.4, 0.5) is 0 Å². The van der Waals surface area contributed by atoms with Crippen molar-refractivity contribution in [1.29, 1.82) is 0 Å². The minimum Gasteiger partial charge on any atom is -0.316 e. The summed E-state index contributed by atoms with van der Waals surface area (Å²) in [5.41, 5.74) is 0.498. The van der Waals surface area contributed by atoms with Crippen molar-refractivity contribution in [2.45, 2.75) is 58.0 Å². The molecule has 2 saturated carbocycles. The molecule has 3 rings (SSSR count). The fourth-order valence-corrected chi connectivity index (χ4v) is 4.89. The van der Waals surface area contributed by atoms with Crippen molar-refractivity contribution >= 4 is 0 Å². The second-order valence-corrected chi connectivity index (χ2v) is 7.34. The highest BCUT2D eigenvalue weighted by Crippen LogP contribution is 2.44. The lowest BCUT2D eigenvalue weighted by Crippen LogP contribution is -2.45. The van der Waals surface area contributed by atoms with Gasteiger partial charge in [0, 0.05) is 25.2 Å². The summed E-state index contributed by atoms with van der Waals surface area (Å²) >= 11 is 0. The van der Waals surface area contributed by atoms with Gasteiger partial charge in [-0.15, -0.1) is 0 Å². The van der Waals surface area contributed by atoms with Crippen molar-refractivity contribution in [1.82, 2.24) is 10.2 Å². The molecule has 2 bridgehead atoms. The molecule has 17 heavy (non-hydrogen) atoms. The predicted molar refractivity (Wildman–Crippen MR) is 72.1 cm³/mol. The molecule has 3 aliphatic rings. The number of nitrogens with one attached hydrogen (secondary N) is 1. The lowest BCUT2D eigenvalue weighted by Gasteiger charge is -2.35. The van der Waals surface area contributed by atoms with Crippen molar-refractivity contribution in [3.63, 3.8) is 0 Å². The fourth-order valence-electron chi connectivity index (χ4n) is 4.89. The second-order valence-electron chi connectivity index (χ2n) is 7.34. The first-order valence-electron chi connectivity index (χ1n) is 7.51. The quantitative estimate of drug-likeness (QED) is 0.810. The average Bonchev–Trinajstić information content (AvgIpc) is 2.93. The molecule has 1 aliphatic heterocycles. The van der Waals surface area contributed by atoms with Gasteiger partial charge in [-0.3, -0.25) is 4.90 Å². The molecule has 0 spiro atoms. The summed E-state index contributed by atoms with van der Waals surface area (Å²) in [5, 5.41) is 3.60. The third-order valence-corrected chi connectivity index (χ3v) is 5.78. The van der Waals surface area contributed by atoms with Crippen LogP contribution in [0, 0.1) is 17.3 Å². The van der Waals surface area contributed by atoms with Crippen molar-refractivity contribution in [2.75, 3.05) is 20.1 Å². The van der Waals surface area contributed by atoms with E-state index in [1.54, 1.807) is 0 Å². The van der Waals surface area contributed by atoms with Crippen molar-refractivity contribution < 1.29 is 0 Å². The average molecular weight is 236 g/mol. The Labute approximate surface area is 106 Å². The zero-order valence-corrected chi connectivity index (χ0v) is 11.7. The van der Waals surface area contributed by atoms with Crippen LogP contribution in [0.1, 0.15) is 46.0 Å². The molecule has 0 aromatic carbocycles. The summed E-state index contributed by atoms with van der Waals surface area (Å²) in [6, 6.07) is 1.67. The van der Waals surface area contributed by atoms with Crippen LogP contribution in [-0.4, -0.2) is 37.1 Å². The first-order valence-corrected chi connectivity index (χ1v) is 7.51. The molecule has 0 aromatic rings. The van der Waals surface area contributed by atoms with E-state index >= 15 is 0 Å². The van der Waals surface area contributed by atoms with E-state index in [0.717, 1.165) is 23.9 Å². The topological polar surface area (TPSA) is 15.3 Å². The normalized spacial score (nSPS) is 44.6. The lowest BCUT2D eigenvalue weighted by atomic mass is 9.84. The standard InChI is InChI=1S/C15H28N2/c1-15(2)7-6-12(14(15)16-3)10-17-9-11-4-5-13(17)8-11/h11-14,16H,4-10H2,1-3H3. The molecule has 2 nitrogen and oxygen atoms in total. The van der Waals surface area contributed by atoms with Crippen LogP contribution in [-0.2, 0) is 0 Å². The highest BCUT2D eigenvalue weighted by Gasteiger charge is 2.44. The summed E-state index contributed by atoms with van der Waals surface area (Å²) in [6.07, 6.45) is 7.30. The van der Waals surface area contributed by atoms with E-state index in [9.17, 15) is 0 Å². The van der Waals surface area contributed by atoms with Gasteiger partial charge < -0.3 is 5.32 Å². The van der Waals surface area contributed by atoms with Crippen LogP contribution in [0.5, 0.6) is 0 Å². The van der Waals surface area contributed by atoms with Gasteiger partial charge in [0.2, 0.25) is 0 Å². The smallest absolute Gasteiger partial charge is 0.0156 e. The molecule has 2 heteroatoms. The third kappa shape index (κ3) is 2.04. The molecule has 1 N–H and O–H groups in total. The lowest BCUT2D eigenvalue weighted by molar-refractivity contribution is 0.157. The summed E-state index contributed by atoms with van der Waals surface area (Å²) in [4.78, 5) is 2.81. The largest absolute Gasteiger partial charge is 0.316 e. The minimum absolute atomic E-state index is 0.498. The molecule has 4 unspecified atom stereocenters. The summed E-state index contributed by atoms with van der Waals surface area (Å²) in [6.45, 7) is 7.63. The zero-order chi connectivity index (χ0) is 12.0. The molecule has 0 radical (unpaired) electrons. The Morgan fingerprint density at radius 3 is 2.65 bits per heavy atom. The first-order chi connectivity index (χ1) is 8.10. The minimum atomic E-state index is 0.498. The maximum absolute atomic E-state index is 3.60. The van der Waals surface area contributed by atoms with Gasteiger partial charge in [-0.1, -0.05) is 13.8 Å². The Balaban J connectivity index is 1.62. The molecule has 1 saturated heterocycles. The summed E-state index contributed by atoms with van der Waals surface area (Å²) in [7, 11) is 2.15. The second kappa shape index (κ2) is 4.24. The van der Waals surface area contributed by atoms with E-state index in [2.05, 4.69) is 31.1 Å². The summed E-state index contributed by atoms with van der Waals surface area (Å²) < 4.78 is 0. The van der Waals surface area contributed by atoms with Gasteiger partial charge in [-0.05, 0) is 56.4 Å². The number of hydrogen-bond donors (Lipinski definition) is 1. The van der Waals surface area contributed by atoms with E-state index in [4.69, 9.17) is 0 Å². The first kappa shape index (κ1) is 12.0. The highest BCUT2D eigenvalue weighted by molar-refractivity contribution is 4.99. The Morgan fingerprint density at radius 1 is 1.24 bits per heavy atom. The predicted octanol–water partition coefficient (Wildman–Crippen LogP) is 2.49. The summed E-state index contributed by atoms with van der Waals surface area (Å²) in [5.74, 6) is 1.93. The SMILES string of the molecule is CNC1C(CN2CC3CCC2C3)CCC1(C)C. The Kier molecular flexibility index (Phi) is 2.99. The molecule has 0 amide bonds. The van der Waals surface area contributed by atoms with Crippen LogP contribution in [0.3, 0.4) is 0 Å². The van der Waals surface area contributed by atoms with Gasteiger partial charge in [0.25, 0.3) is 0 Å². The van der Waals surface area contributed by atoms with Gasteiger partial charge in [-0.2, -0.15) is 0 Å². The number of hydrogen-bond acceptors (Lipinski definition) is 2. The van der Waals surface area contributed by atoms with Crippen molar-refractivity contribution in [2.24, 2.45) is 17.3 Å². The monoisotopic (exact) mass is 236 g/mol. The van der Waals surface area contributed by atoms with E-state index in [1.807, 2.05) is 0 Å². The van der Waals surface area contributed by atoms with Gasteiger partial charge in [0.1, 0.15) is 0 Å². The molecule has 4 atom stereocenters. The molecule has 0 aromatic heterocycles. The molecule has 98 valence electrons. The number of likely N-dealkylation sites (tertiary alicyclic amines) is 1. The van der Waals surface area contributed by atoms with Crippen LogP contribution in [0.2, 0.25) is 0 Å². The van der Waals surface area contributed by atoms with Crippen LogP contribution < -0.4 is 5.32 Å². The molecular formula is C15H28N2. The third-order valence-electron chi connectivity index (χ3n) is 5.78. The molecular weight excluding hydrogens is 208 g/mol. The van der Waals surface area contributed by atoms with Crippen molar-refractivity contribution in [3.05, 3.63) is 0 Å². The number of nitrogens with zero attached hydrogens (tertiary/aromatic N) is 1. The van der Waals surface area contributed by atoms with Gasteiger partial charge >= 0.3 is 0 Å². The Hall–Kier alpha value is -0.0800. The zero-order valence-electron chi connectivity index (χ0n) is 11.7. The Bertz CT molecular complexity index is 287. The molecule has 2 aliphatic carbocycles. The van der Waals surface area contributed by atoms with Crippen LogP contribution in [0.25, 0.3) is 0 Å². The molecule has 1 heterocycles.